The average Bonchev–Trinajstić information content (AvgIpc) is 2.76. The summed E-state index contributed by atoms with van der Waals surface area (Å²) < 4.78 is 1.73. The van der Waals surface area contributed by atoms with Gasteiger partial charge in [0, 0.05) is 34.3 Å². The summed E-state index contributed by atoms with van der Waals surface area (Å²) in [6.45, 7) is 0. The third kappa shape index (κ3) is 2.20. The van der Waals surface area contributed by atoms with Crippen molar-refractivity contribution in [3.63, 3.8) is 0 Å². The molecule has 0 atom stereocenters. The van der Waals surface area contributed by atoms with E-state index in [9.17, 15) is 0 Å². The molecular formula is C13H9Cl2N3S. The van der Waals surface area contributed by atoms with Gasteiger partial charge in [0.1, 0.15) is 5.69 Å². The molecule has 0 amide bonds. The molecule has 3 aromatic rings. The fraction of sp³-hybridized carbons (Fsp3) is 0.0769. The number of nitrogens with zero attached hydrogens (tertiary/aromatic N) is 3. The van der Waals surface area contributed by atoms with Crippen molar-refractivity contribution in [1.29, 1.82) is 0 Å². The van der Waals surface area contributed by atoms with E-state index in [-0.39, 0.29) is 0 Å². The lowest BCUT2D eigenvalue weighted by Crippen LogP contribution is -1.87. The lowest BCUT2D eigenvalue weighted by Gasteiger charge is -2.03. The van der Waals surface area contributed by atoms with Gasteiger partial charge < -0.3 is 0 Å². The van der Waals surface area contributed by atoms with Crippen LogP contribution in [-0.4, -0.2) is 14.6 Å². The molecule has 1 aromatic carbocycles. The Bertz CT molecular complexity index is 755. The highest BCUT2D eigenvalue weighted by molar-refractivity contribution is 7.79. The smallest absolute Gasteiger partial charge is 0.159 e. The molecule has 6 heteroatoms. The second-order valence-electron chi connectivity index (χ2n) is 4.00. The van der Waals surface area contributed by atoms with Crippen LogP contribution in [0.4, 0.5) is 0 Å². The number of hydrogen-bond donors (Lipinski definition) is 1. The van der Waals surface area contributed by atoms with Gasteiger partial charge in [0.2, 0.25) is 0 Å². The summed E-state index contributed by atoms with van der Waals surface area (Å²) in [6, 6.07) is 7.19. The quantitative estimate of drug-likeness (QED) is 0.721. The van der Waals surface area contributed by atoms with Crippen molar-refractivity contribution in [2.45, 2.75) is 5.75 Å². The lowest BCUT2D eigenvalue weighted by molar-refractivity contribution is 0.943. The monoisotopic (exact) mass is 309 g/mol. The van der Waals surface area contributed by atoms with E-state index in [2.05, 4.69) is 22.7 Å². The molecule has 0 aliphatic rings. The molecule has 0 unspecified atom stereocenters. The van der Waals surface area contributed by atoms with Gasteiger partial charge in [-0.25, -0.2) is 9.50 Å². The molecule has 0 bridgehead atoms. The first-order valence-electron chi connectivity index (χ1n) is 5.59. The van der Waals surface area contributed by atoms with E-state index < -0.39 is 0 Å². The molecule has 0 N–H and O–H groups in total. The Labute approximate surface area is 125 Å². The van der Waals surface area contributed by atoms with Crippen LogP contribution in [0.1, 0.15) is 5.56 Å². The van der Waals surface area contributed by atoms with Crippen LogP contribution >= 0.6 is 35.8 Å². The van der Waals surface area contributed by atoms with Gasteiger partial charge in [0.25, 0.3) is 0 Å². The van der Waals surface area contributed by atoms with Crippen LogP contribution < -0.4 is 0 Å². The largest absolute Gasteiger partial charge is 0.237 e. The molecule has 3 rings (SSSR count). The molecule has 0 fully saturated rings. The molecule has 0 saturated heterocycles. The van der Waals surface area contributed by atoms with Gasteiger partial charge >= 0.3 is 0 Å². The fourth-order valence-electron chi connectivity index (χ4n) is 1.98. The Balaban J connectivity index is 2.30. The SMILES string of the molecule is SCc1c(-c2ccc(Cl)cc2Cl)nn2cccnc12. The minimum Gasteiger partial charge on any atom is -0.237 e. The molecular weight excluding hydrogens is 301 g/mol. The zero-order chi connectivity index (χ0) is 13.4. The summed E-state index contributed by atoms with van der Waals surface area (Å²) in [5.41, 5.74) is 3.36. The molecule has 2 heterocycles. The molecule has 3 nitrogen and oxygen atoms in total. The van der Waals surface area contributed by atoms with Crippen LogP contribution in [0.5, 0.6) is 0 Å². The maximum Gasteiger partial charge on any atom is 0.159 e. The minimum absolute atomic E-state index is 0.537. The molecule has 2 aromatic heterocycles. The third-order valence-corrected chi connectivity index (χ3v) is 3.70. The summed E-state index contributed by atoms with van der Waals surface area (Å²) in [5, 5.41) is 5.69. The average molecular weight is 310 g/mol. The fourth-order valence-corrected chi connectivity index (χ4v) is 2.77. The van der Waals surface area contributed by atoms with Crippen LogP contribution in [0, 0.1) is 0 Å². The summed E-state index contributed by atoms with van der Waals surface area (Å²) in [4.78, 5) is 4.33. The topological polar surface area (TPSA) is 30.2 Å². The van der Waals surface area contributed by atoms with Gasteiger partial charge in [-0.1, -0.05) is 23.2 Å². The molecule has 96 valence electrons. The Morgan fingerprint density at radius 1 is 1.26 bits per heavy atom. The summed E-state index contributed by atoms with van der Waals surface area (Å²) in [7, 11) is 0. The van der Waals surface area contributed by atoms with E-state index in [0.29, 0.717) is 15.8 Å². The normalized spacial score (nSPS) is 11.1. The predicted molar refractivity (Wildman–Crippen MR) is 81.1 cm³/mol. The van der Waals surface area contributed by atoms with Crippen LogP contribution in [0.3, 0.4) is 0 Å². The Morgan fingerprint density at radius 3 is 2.84 bits per heavy atom. The van der Waals surface area contributed by atoms with Gasteiger partial charge in [0.05, 0.1) is 5.02 Å². The summed E-state index contributed by atoms with van der Waals surface area (Å²) in [6.07, 6.45) is 3.58. The summed E-state index contributed by atoms with van der Waals surface area (Å²) in [5.74, 6) is 0.537. The van der Waals surface area contributed by atoms with E-state index in [1.807, 2.05) is 18.3 Å². The Morgan fingerprint density at radius 2 is 2.11 bits per heavy atom. The van der Waals surface area contributed by atoms with E-state index in [0.717, 1.165) is 22.5 Å². The summed E-state index contributed by atoms with van der Waals surface area (Å²) >= 11 is 16.5. The van der Waals surface area contributed by atoms with Crippen molar-refractivity contribution in [2.24, 2.45) is 0 Å². The van der Waals surface area contributed by atoms with Gasteiger partial charge in [-0.05, 0) is 24.3 Å². The van der Waals surface area contributed by atoms with E-state index in [1.54, 1.807) is 22.8 Å². The van der Waals surface area contributed by atoms with E-state index >= 15 is 0 Å². The van der Waals surface area contributed by atoms with Gasteiger partial charge in [-0.15, -0.1) is 0 Å². The minimum atomic E-state index is 0.537. The first kappa shape index (κ1) is 12.8. The number of fused-ring (bicyclic) bond motifs is 1. The van der Waals surface area contributed by atoms with Crippen molar-refractivity contribution in [3.8, 4) is 11.3 Å². The van der Waals surface area contributed by atoms with Crippen molar-refractivity contribution >= 4 is 41.5 Å². The second kappa shape index (κ2) is 5.04. The van der Waals surface area contributed by atoms with Crippen molar-refractivity contribution < 1.29 is 0 Å². The number of thiol groups is 1. The molecule has 0 spiro atoms. The highest BCUT2D eigenvalue weighted by Gasteiger charge is 2.16. The van der Waals surface area contributed by atoms with E-state index in [4.69, 9.17) is 23.2 Å². The van der Waals surface area contributed by atoms with Crippen LogP contribution in [-0.2, 0) is 5.75 Å². The third-order valence-electron chi connectivity index (χ3n) is 2.84. The van der Waals surface area contributed by atoms with Crippen LogP contribution in [0.25, 0.3) is 16.9 Å². The van der Waals surface area contributed by atoms with Gasteiger partial charge in [-0.2, -0.15) is 17.7 Å². The van der Waals surface area contributed by atoms with Crippen LogP contribution in [0.2, 0.25) is 10.0 Å². The Hall–Kier alpha value is -1.23. The molecule has 0 radical (unpaired) electrons. The highest BCUT2D eigenvalue weighted by Crippen LogP contribution is 2.33. The van der Waals surface area contributed by atoms with Crippen LogP contribution in [0.15, 0.2) is 36.7 Å². The van der Waals surface area contributed by atoms with Crippen molar-refractivity contribution in [2.75, 3.05) is 0 Å². The van der Waals surface area contributed by atoms with Crippen molar-refractivity contribution in [1.82, 2.24) is 14.6 Å². The molecule has 19 heavy (non-hydrogen) atoms. The standard InChI is InChI=1S/C13H9Cl2N3S/c14-8-2-3-9(11(15)6-8)12-10(7-19)13-16-4-1-5-18(13)17-12/h1-6,19H,7H2. The highest BCUT2D eigenvalue weighted by atomic mass is 35.5. The van der Waals surface area contributed by atoms with E-state index in [1.165, 1.54) is 0 Å². The number of benzene rings is 1. The predicted octanol–water partition coefficient (Wildman–Crippen LogP) is 4.13. The maximum absolute atomic E-state index is 6.24. The van der Waals surface area contributed by atoms with Crippen molar-refractivity contribution in [3.05, 3.63) is 52.3 Å². The van der Waals surface area contributed by atoms with Gasteiger partial charge in [-0.3, -0.25) is 0 Å². The zero-order valence-electron chi connectivity index (χ0n) is 9.72. The molecule has 0 saturated carbocycles. The Kier molecular flexibility index (Phi) is 3.39. The number of halogens is 2. The first-order valence-corrected chi connectivity index (χ1v) is 6.98. The second-order valence-corrected chi connectivity index (χ2v) is 5.16. The first-order chi connectivity index (χ1) is 9.20. The van der Waals surface area contributed by atoms with Gasteiger partial charge in [0.15, 0.2) is 5.65 Å². The number of hydrogen-bond acceptors (Lipinski definition) is 3. The number of aromatic nitrogens is 3. The number of rotatable bonds is 2. The zero-order valence-corrected chi connectivity index (χ0v) is 12.1. The molecule has 0 aliphatic heterocycles. The molecule has 0 aliphatic carbocycles. The maximum atomic E-state index is 6.24. The lowest BCUT2D eigenvalue weighted by atomic mass is 10.1.